The van der Waals surface area contributed by atoms with Crippen molar-refractivity contribution in [2.75, 3.05) is 5.32 Å². The fourth-order valence-corrected chi connectivity index (χ4v) is 2.96. The first-order chi connectivity index (χ1) is 13.7. The predicted molar refractivity (Wildman–Crippen MR) is 110 cm³/mol. The molecule has 4 rings (SSSR count). The van der Waals surface area contributed by atoms with Crippen LogP contribution in [0, 0.1) is 0 Å². The van der Waals surface area contributed by atoms with Crippen molar-refractivity contribution in [2.24, 2.45) is 0 Å². The van der Waals surface area contributed by atoms with Gasteiger partial charge in [-0.25, -0.2) is 14.5 Å². The summed E-state index contributed by atoms with van der Waals surface area (Å²) in [4.78, 5) is 16.0. The molecule has 0 atom stereocenters. The maximum atomic E-state index is 11.7. The van der Waals surface area contributed by atoms with Crippen LogP contribution in [0.15, 0.2) is 73.1 Å². The van der Waals surface area contributed by atoms with Gasteiger partial charge in [0, 0.05) is 18.9 Å². The number of carboxylic acids is 1. The van der Waals surface area contributed by atoms with Crippen molar-refractivity contribution in [1.29, 1.82) is 0 Å². The number of hydrogen-bond acceptors (Lipinski definition) is 4. The molecule has 4 aromatic rings. The van der Waals surface area contributed by atoms with Gasteiger partial charge in [0.1, 0.15) is 5.56 Å². The Balaban J connectivity index is 1.70. The van der Waals surface area contributed by atoms with Gasteiger partial charge < -0.3 is 10.4 Å². The lowest BCUT2D eigenvalue weighted by molar-refractivity contribution is 0.0697. The zero-order valence-electron chi connectivity index (χ0n) is 15.0. The summed E-state index contributed by atoms with van der Waals surface area (Å²) in [6.07, 6.45) is 6.74. The highest BCUT2D eigenvalue weighted by Gasteiger charge is 2.17. The van der Waals surface area contributed by atoms with Crippen LogP contribution in [0.3, 0.4) is 0 Å². The Morgan fingerprint density at radius 2 is 1.75 bits per heavy atom. The number of nitrogens with zero attached hydrogens (tertiary/aromatic N) is 3. The fourth-order valence-electron chi connectivity index (χ4n) is 2.96. The summed E-state index contributed by atoms with van der Waals surface area (Å²) in [7, 11) is 0. The average molecular weight is 370 g/mol. The second kappa shape index (κ2) is 7.75. The van der Waals surface area contributed by atoms with Gasteiger partial charge in [-0.15, -0.1) is 0 Å². The smallest absolute Gasteiger partial charge is 0.339 e. The quantitative estimate of drug-likeness (QED) is 0.527. The van der Waals surface area contributed by atoms with E-state index in [-0.39, 0.29) is 5.56 Å². The van der Waals surface area contributed by atoms with Crippen LogP contribution in [0.1, 0.15) is 21.5 Å². The second-order valence-electron chi connectivity index (χ2n) is 6.24. The normalized spacial score (nSPS) is 11.1. The van der Waals surface area contributed by atoms with Crippen molar-refractivity contribution < 1.29 is 9.90 Å². The summed E-state index contributed by atoms with van der Waals surface area (Å²) in [6, 6.07) is 19.7. The second-order valence-corrected chi connectivity index (χ2v) is 6.24. The molecule has 2 N–H and O–H groups in total. The van der Waals surface area contributed by atoms with Crippen LogP contribution in [0.25, 0.3) is 23.3 Å². The molecule has 138 valence electrons. The molecule has 0 aliphatic rings. The number of carbonyl (C=O) groups is 1. The molecule has 2 aromatic heterocycles. The molecule has 28 heavy (non-hydrogen) atoms. The molecule has 0 radical (unpaired) electrons. The number of aromatic nitrogens is 3. The summed E-state index contributed by atoms with van der Waals surface area (Å²) in [5.74, 6) is -1.03. The number of pyridine rings is 1. The molecule has 0 fully saturated rings. The molecule has 0 unspecified atom stereocenters. The van der Waals surface area contributed by atoms with E-state index in [0.717, 1.165) is 11.1 Å². The zero-order chi connectivity index (χ0) is 19.3. The average Bonchev–Trinajstić information content (AvgIpc) is 3.15. The van der Waals surface area contributed by atoms with E-state index in [1.807, 2.05) is 72.9 Å². The van der Waals surface area contributed by atoms with E-state index in [2.05, 4.69) is 15.4 Å². The van der Waals surface area contributed by atoms with Crippen LogP contribution >= 0.6 is 0 Å². The number of fused-ring (bicyclic) bond motifs is 1. The molecule has 6 nitrogen and oxygen atoms in total. The molecule has 2 heterocycles. The van der Waals surface area contributed by atoms with Crippen LogP contribution < -0.4 is 5.32 Å². The molecule has 0 saturated heterocycles. The lowest BCUT2D eigenvalue weighted by atomic mass is 10.1. The van der Waals surface area contributed by atoms with E-state index in [0.29, 0.717) is 23.3 Å². The molecule has 0 aliphatic carbocycles. The highest BCUT2D eigenvalue weighted by atomic mass is 16.4. The first-order valence-corrected chi connectivity index (χ1v) is 8.83. The van der Waals surface area contributed by atoms with E-state index >= 15 is 0 Å². The molecule has 0 amide bonds. The Bertz CT molecular complexity index is 1140. The monoisotopic (exact) mass is 370 g/mol. The molecule has 2 aromatic carbocycles. The standard InChI is InChI=1S/C22H18N4O2/c27-22(28)19-14-24-21-18(20(19)23-13-17-9-5-2-6-10-17)15-25-26(21)12-11-16-7-3-1-4-8-16/h1-12,14-15H,13H2,(H,23,24)(H,27,28)/b12-11+. The fraction of sp³-hybridized carbons (Fsp3) is 0.0455. The summed E-state index contributed by atoms with van der Waals surface area (Å²) in [5.41, 5.74) is 3.32. The van der Waals surface area contributed by atoms with Crippen molar-refractivity contribution in [3.05, 3.63) is 89.7 Å². The minimum Gasteiger partial charge on any atom is -0.478 e. The third kappa shape index (κ3) is 3.61. The Morgan fingerprint density at radius 1 is 1.04 bits per heavy atom. The highest BCUT2D eigenvalue weighted by Crippen LogP contribution is 2.27. The summed E-state index contributed by atoms with van der Waals surface area (Å²) < 4.78 is 1.64. The molecule has 0 bridgehead atoms. The Labute approximate surface area is 161 Å². The first-order valence-electron chi connectivity index (χ1n) is 8.83. The maximum absolute atomic E-state index is 11.7. The van der Waals surface area contributed by atoms with Gasteiger partial charge in [0.05, 0.1) is 17.3 Å². The Hall–Kier alpha value is -3.93. The van der Waals surface area contributed by atoms with Gasteiger partial charge in [-0.2, -0.15) is 5.10 Å². The van der Waals surface area contributed by atoms with Crippen molar-refractivity contribution in [2.45, 2.75) is 6.54 Å². The molecule has 0 spiro atoms. The number of nitrogens with one attached hydrogen (secondary N) is 1. The van der Waals surface area contributed by atoms with Crippen LogP contribution in [0.5, 0.6) is 0 Å². The van der Waals surface area contributed by atoms with Gasteiger partial charge in [-0.1, -0.05) is 60.7 Å². The van der Waals surface area contributed by atoms with Gasteiger partial charge in [-0.3, -0.25) is 0 Å². The molecular formula is C22H18N4O2. The van der Waals surface area contributed by atoms with Crippen molar-refractivity contribution >= 4 is 35.0 Å². The van der Waals surface area contributed by atoms with Crippen molar-refractivity contribution in [1.82, 2.24) is 14.8 Å². The number of aromatic carboxylic acids is 1. The van der Waals surface area contributed by atoms with Gasteiger partial charge in [-0.05, 0) is 17.2 Å². The third-order valence-corrected chi connectivity index (χ3v) is 4.37. The van der Waals surface area contributed by atoms with E-state index in [1.165, 1.54) is 6.20 Å². The summed E-state index contributed by atoms with van der Waals surface area (Å²) in [6.45, 7) is 0.505. The lowest BCUT2D eigenvalue weighted by Gasteiger charge is -2.11. The number of benzene rings is 2. The van der Waals surface area contributed by atoms with Crippen LogP contribution in [-0.2, 0) is 6.54 Å². The molecular weight excluding hydrogens is 352 g/mol. The van der Waals surface area contributed by atoms with Crippen LogP contribution in [0.2, 0.25) is 0 Å². The van der Waals surface area contributed by atoms with E-state index in [1.54, 1.807) is 10.9 Å². The minimum absolute atomic E-state index is 0.120. The first kappa shape index (κ1) is 17.5. The number of rotatable bonds is 6. The van der Waals surface area contributed by atoms with Gasteiger partial charge in [0.15, 0.2) is 5.65 Å². The zero-order valence-corrected chi connectivity index (χ0v) is 15.0. The van der Waals surface area contributed by atoms with Crippen LogP contribution in [-0.4, -0.2) is 25.8 Å². The number of anilines is 1. The van der Waals surface area contributed by atoms with Crippen molar-refractivity contribution in [3.8, 4) is 0 Å². The van der Waals surface area contributed by atoms with E-state index in [9.17, 15) is 9.90 Å². The number of carboxylic acid groups (broad SMARTS) is 1. The number of hydrogen-bond donors (Lipinski definition) is 2. The lowest BCUT2D eigenvalue weighted by Crippen LogP contribution is -2.08. The molecule has 0 saturated carbocycles. The Morgan fingerprint density at radius 3 is 2.46 bits per heavy atom. The van der Waals surface area contributed by atoms with E-state index < -0.39 is 5.97 Å². The largest absolute Gasteiger partial charge is 0.478 e. The Kier molecular flexibility index (Phi) is 4.84. The third-order valence-electron chi connectivity index (χ3n) is 4.37. The van der Waals surface area contributed by atoms with Gasteiger partial charge in [0.2, 0.25) is 0 Å². The summed E-state index contributed by atoms with van der Waals surface area (Å²) in [5, 5.41) is 17.8. The topological polar surface area (TPSA) is 80.0 Å². The van der Waals surface area contributed by atoms with Crippen molar-refractivity contribution in [3.63, 3.8) is 0 Å². The predicted octanol–water partition coefficient (Wildman–Crippen LogP) is 4.37. The maximum Gasteiger partial charge on any atom is 0.339 e. The highest BCUT2D eigenvalue weighted by molar-refractivity contribution is 6.03. The summed E-state index contributed by atoms with van der Waals surface area (Å²) >= 11 is 0. The van der Waals surface area contributed by atoms with Crippen LogP contribution in [0.4, 0.5) is 5.69 Å². The minimum atomic E-state index is -1.03. The molecule has 0 aliphatic heterocycles. The molecule has 6 heteroatoms. The van der Waals surface area contributed by atoms with Gasteiger partial charge >= 0.3 is 5.97 Å². The van der Waals surface area contributed by atoms with Gasteiger partial charge in [0.25, 0.3) is 0 Å². The SMILES string of the molecule is O=C(O)c1cnc2c(cnn2/C=C/c2ccccc2)c1NCc1ccccc1. The van der Waals surface area contributed by atoms with E-state index in [4.69, 9.17) is 0 Å².